The van der Waals surface area contributed by atoms with Crippen molar-refractivity contribution in [3.8, 4) is 23.3 Å². The van der Waals surface area contributed by atoms with Gasteiger partial charge in [0.2, 0.25) is 5.89 Å². The molecule has 7 heteroatoms. The van der Waals surface area contributed by atoms with Crippen LogP contribution in [-0.4, -0.2) is 54.0 Å². The predicted octanol–water partition coefficient (Wildman–Crippen LogP) is 3.49. The van der Waals surface area contributed by atoms with E-state index in [1.807, 2.05) is 36.1 Å². The van der Waals surface area contributed by atoms with E-state index in [4.69, 9.17) is 19.4 Å². The number of ether oxygens (including phenoxy) is 1. The zero-order valence-corrected chi connectivity index (χ0v) is 17.7. The first kappa shape index (κ1) is 20.6. The Kier molecular flexibility index (Phi) is 6.01. The van der Waals surface area contributed by atoms with E-state index in [-0.39, 0.29) is 5.91 Å². The number of nitriles is 1. The number of carbonyl (C=O) groups excluding carboxylic acids is 1. The normalized spacial score (nSPS) is 14.3. The van der Waals surface area contributed by atoms with Crippen molar-refractivity contribution < 1.29 is 13.9 Å². The number of hydrogen-bond acceptors (Lipinski definition) is 6. The monoisotopic (exact) mass is 416 g/mol. The molecule has 0 N–H and O–H groups in total. The van der Waals surface area contributed by atoms with Crippen LogP contribution < -0.4 is 4.74 Å². The summed E-state index contributed by atoms with van der Waals surface area (Å²) in [5, 5.41) is 8.91. The van der Waals surface area contributed by atoms with E-state index in [2.05, 4.69) is 11.0 Å². The van der Waals surface area contributed by atoms with Gasteiger partial charge in [0.25, 0.3) is 5.91 Å². The molecule has 1 aromatic heterocycles. The number of piperazine rings is 1. The second-order valence-electron chi connectivity index (χ2n) is 7.51. The summed E-state index contributed by atoms with van der Waals surface area (Å²) < 4.78 is 11.1. The van der Waals surface area contributed by atoms with Crippen LogP contribution in [0.1, 0.15) is 27.4 Å². The molecule has 158 valence electrons. The maximum absolute atomic E-state index is 12.7. The highest BCUT2D eigenvalue weighted by atomic mass is 16.5. The van der Waals surface area contributed by atoms with E-state index >= 15 is 0 Å². The van der Waals surface area contributed by atoms with E-state index < -0.39 is 0 Å². The lowest BCUT2D eigenvalue weighted by Gasteiger charge is -2.34. The van der Waals surface area contributed by atoms with Gasteiger partial charge in [0.1, 0.15) is 11.5 Å². The molecule has 0 spiro atoms. The highest BCUT2D eigenvalue weighted by Crippen LogP contribution is 2.25. The van der Waals surface area contributed by atoms with Gasteiger partial charge in [-0.2, -0.15) is 5.26 Å². The largest absolute Gasteiger partial charge is 0.497 e. The van der Waals surface area contributed by atoms with Gasteiger partial charge in [-0.05, 0) is 55.5 Å². The van der Waals surface area contributed by atoms with Gasteiger partial charge in [-0.1, -0.05) is 0 Å². The molecule has 2 heterocycles. The van der Waals surface area contributed by atoms with Crippen LogP contribution in [0, 0.1) is 18.3 Å². The lowest BCUT2D eigenvalue weighted by Crippen LogP contribution is -2.48. The number of hydrogen-bond donors (Lipinski definition) is 0. The van der Waals surface area contributed by atoms with E-state index in [1.54, 1.807) is 31.4 Å². The summed E-state index contributed by atoms with van der Waals surface area (Å²) in [6.45, 7) is 5.46. The number of aryl methyl sites for hydroxylation is 1. The summed E-state index contributed by atoms with van der Waals surface area (Å²) in [6, 6.07) is 16.5. The van der Waals surface area contributed by atoms with E-state index in [9.17, 15) is 4.79 Å². The van der Waals surface area contributed by atoms with Crippen molar-refractivity contribution in [1.29, 1.82) is 5.26 Å². The first-order valence-corrected chi connectivity index (χ1v) is 10.2. The second kappa shape index (κ2) is 9.02. The molecule has 0 aliphatic carbocycles. The molecular weight excluding hydrogens is 392 g/mol. The molecule has 1 amide bonds. The Morgan fingerprint density at radius 1 is 1.10 bits per heavy atom. The second-order valence-corrected chi connectivity index (χ2v) is 7.51. The summed E-state index contributed by atoms with van der Waals surface area (Å²) in [6.07, 6.45) is 0. The van der Waals surface area contributed by atoms with Gasteiger partial charge in [-0.25, -0.2) is 4.98 Å². The molecule has 0 radical (unpaired) electrons. The van der Waals surface area contributed by atoms with Gasteiger partial charge < -0.3 is 14.1 Å². The Bertz CT molecular complexity index is 1090. The van der Waals surface area contributed by atoms with E-state index in [0.29, 0.717) is 36.7 Å². The van der Waals surface area contributed by atoms with Crippen molar-refractivity contribution in [3.05, 3.63) is 71.1 Å². The first-order chi connectivity index (χ1) is 15.1. The molecule has 3 aromatic rings. The maximum Gasteiger partial charge on any atom is 0.253 e. The molecule has 1 aliphatic rings. The van der Waals surface area contributed by atoms with Crippen LogP contribution in [0.5, 0.6) is 5.75 Å². The lowest BCUT2D eigenvalue weighted by molar-refractivity contribution is 0.0626. The molecular formula is C24H24N4O3. The SMILES string of the molecule is COc1ccc(-c2nc(CN3CCN(C(=O)c4ccc(C#N)cc4)CC3)c(C)o2)cc1. The van der Waals surface area contributed by atoms with Gasteiger partial charge in [0.15, 0.2) is 0 Å². The van der Waals surface area contributed by atoms with Crippen LogP contribution in [0.15, 0.2) is 52.9 Å². The van der Waals surface area contributed by atoms with Crippen molar-refractivity contribution in [2.75, 3.05) is 33.3 Å². The number of oxazole rings is 1. The Hall–Kier alpha value is -3.63. The number of aromatic nitrogens is 1. The number of nitrogens with zero attached hydrogens (tertiary/aromatic N) is 4. The predicted molar refractivity (Wildman–Crippen MR) is 116 cm³/mol. The van der Waals surface area contributed by atoms with Crippen LogP contribution in [-0.2, 0) is 6.54 Å². The highest BCUT2D eigenvalue weighted by molar-refractivity contribution is 5.94. The van der Waals surface area contributed by atoms with Crippen molar-refractivity contribution in [2.45, 2.75) is 13.5 Å². The summed E-state index contributed by atoms with van der Waals surface area (Å²) in [5.74, 6) is 2.20. The standard InChI is InChI=1S/C24H24N4O3/c1-17-22(26-23(31-17)19-7-9-21(30-2)10-8-19)16-27-11-13-28(14-12-27)24(29)20-5-3-18(15-25)4-6-20/h3-10H,11-14,16H2,1-2H3. The van der Waals surface area contributed by atoms with Gasteiger partial charge in [-0.15, -0.1) is 0 Å². The van der Waals surface area contributed by atoms with Gasteiger partial charge in [-0.3, -0.25) is 9.69 Å². The number of carbonyl (C=O) groups is 1. The molecule has 31 heavy (non-hydrogen) atoms. The molecule has 0 unspecified atom stereocenters. The minimum absolute atomic E-state index is 0.00329. The molecule has 7 nitrogen and oxygen atoms in total. The van der Waals surface area contributed by atoms with Gasteiger partial charge >= 0.3 is 0 Å². The third-order valence-electron chi connectivity index (χ3n) is 5.52. The van der Waals surface area contributed by atoms with Crippen LogP contribution in [0.3, 0.4) is 0 Å². The molecule has 2 aromatic carbocycles. The Morgan fingerprint density at radius 2 is 1.77 bits per heavy atom. The highest BCUT2D eigenvalue weighted by Gasteiger charge is 2.23. The summed E-state index contributed by atoms with van der Waals surface area (Å²) in [5.41, 5.74) is 2.99. The summed E-state index contributed by atoms with van der Waals surface area (Å²) in [4.78, 5) is 21.5. The number of benzene rings is 2. The van der Waals surface area contributed by atoms with E-state index in [0.717, 1.165) is 35.9 Å². The van der Waals surface area contributed by atoms with Crippen molar-refractivity contribution in [2.24, 2.45) is 0 Å². The van der Waals surface area contributed by atoms with Crippen LogP contribution in [0.4, 0.5) is 0 Å². The van der Waals surface area contributed by atoms with Crippen molar-refractivity contribution in [3.63, 3.8) is 0 Å². The fourth-order valence-corrected chi connectivity index (χ4v) is 3.62. The minimum atomic E-state index is 0.00329. The van der Waals surface area contributed by atoms with Crippen LogP contribution in [0.2, 0.25) is 0 Å². The smallest absolute Gasteiger partial charge is 0.253 e. The quantitative estimate of drug-likeness (QED) is 0.633. The van der Waals surface area contributed by atoms with Crippen molar-refractivity contribution >= 4 is 5.91 Å². The van der Waals surface area contributed by atoms with Gasteiger partial charge in [0, 0.05) is 43.9 Å². The van der Waals surface area contributed by atoms with Crippen LogP contribution >= 0.6 is 0 Å². The fraction of sp³-hybridized carbons (Fsp3) is 0.292. The first-order valence-electron chi connectivity index (χ1n) is 10.2. The number of amides is 1. The zero-order chi connectivity index (χ0) is 21.8. The molecule has 0 bridgehead atoms. The number of methoxy groups -OCH3 is 1. The Balaban J connectivity index is 1.36. The average molecular weight is 416 g/mol. The number of rotatable bonds is 5. The zero-order valence-electron chi connectivity index (χ0n) is 17.7. The molecule has 4 rings (SSSR count). The average Bonchev–Trinajstić information content (AvgIpc) is 3.19. The van der Waals surface area contributed by atoms with Gasteiger partial charge in [0.05, 0.1) is 24.4 Å². The topological polar surface area (TPSA) is 82.6 Å². The summed E-state index contributed by atoms with van der Waals surface area (Å²) >= 11 is 0. The third-order valence-corrected chi connectivity index (χ3v) is 5.52. The van der Waals surface area contributed by atoms with E-state index in [1.165, 1.54) is 0 Å². The Labute approximate surface area is 181 Å². The Morgan fingerprint density at radius 3 is 2.39 bits per heavy atom. The van der Waals surface area contributed by atoms with Crippen LogP contribution in [0.25, 0.3) is 11.5 Å². The molecule has 1 aliphatic heterocycles. The fourth-order valence-electron chi connectivity index (χ4n) is 3.62. The minimum Gasteiger partial charge on any atom is -0.497 e. The maximum atomic E-state index is 12.7. The third kappa shape index (κ3) is 4.60. The molecule has 1 fully saturated rings. The lowest BCUT2D eigenvalue weighted by atomic mass is 10.1. The molecule has 0 saturated carbocycles. The summed E-state index contributed by atoms with van der Waals surface area (Å²) in [7, 11) is 1.64. The molecule has 1 saturated heterocycles. The molecule has 0 atom stereocenters. The van der Waals surface area contributed by atoms with Crippen molar-refractivity contribution in [1.82, 2.24) is 14.8 Å².